The van der Waals surface area contributed by atoms with Gasteiger partial charge in [0.1, 0.15) is 6.73 Å². The molecule has 10 heteroatoms. The molecule has 0 spiro atoms. The number of nitrogens with zero attached hydrogens (tertiary/aromatic N) is 2. The summed E-state index contributed by atoms with van der Waals surface area (Å²) in [5.74, 6) is 0. The zero-order valence-electron chi connectivity index (χ0n) is 17.5. The quantitative estimate of drug-likeness (QED) is 0.532. The molecule has 0 bridgehead atoms. The highest BCUT2D eigenvalue weighted by Crippen LogP contribution is 2.38. The summed E-state index contributed by atoms with van der Waals surface area (Å²) in [7, 11) is -2.40. The largest absolute Gasteiger partial charge is 0.499 e. The third kappa shape index (κ3) is 4.96. The molecule has 0 amide bonds. The van der Waals surface area contributed by atoms with E-state index in [4.69, 9.17) is 14.0 Å². The second-order valence-electron chi connectivity index (χ2n) is 9.28. The van der Waals surface area contributed by atoms with Gasteiger partial charge in [-0.1, -0.05) is 19.6 Å². The van der Waals surface area contributed by atoms with Crippen molar-refractivity contribution < 1.29 is 27.2 Å². The summed E-state index contributed by atoms with van der Waals surface area (Å²) in [5.41, 5.74) is -2.18. The summed E-state index contributed by atoms with van der Waals surface area (Å²) in [6.45, 7) is 15.9. The second-order valence-corrected chi connectivity index (χ2v) is 14.9. The van der Waals surface area contributed by atoms with Crippen molar-refractivity contribution in [3.8, 4) is 0 Å². The Balaban J connectivity index is 2.28. The molecule has 154 valence electrons. The number of hydrogen-bond donors (Lipinski definition) is 0. The molecule has 1 aliphatic heterocycles. The number of alkyl halides is 3. The van der Waals surface area contributed by atoms with Gasteiger partial charge in [0.05, 0.1) is 11.2 Å². The average Bonchev–Trinajstić information content (AvgIpc) is 2.88. The fourth-order valence-electron chi connectivity index (χ4n) is 2.67. The second kappa shape index (κ2) is 7.20. The van der Waals surface area contributed by atoms with Gasteiger partial charge in [0.2, 0.25) is 0 Å². The summed E-state index contributed by atoms with van der Waals surface area (Å²) in [6, 6.07) is 0.934. The van der Waals surface area contributed by atoms with Crippen molar-refractivity contribution in [1.29, 1.82) is 0 Å². The normalized spacial score (nSPS) is 19.7. The molecule has 1 aromatic heterocycles. The van der Waals surface area contributed by atoms with Crippen molar-refractivity contribution in [3.63, 3.8) is 0 Å². The number of hydrogen-bond acceptors (Lipinski definition) is 4. The SMILES string of the molecule is Cc1c(B2OC(C)(C)C(C)(C)O2)c(C(F)(F)F)nn1COCC[Si](C)(C)C. The Hall–Kier alpha value is -0.838. The summed E-state index contributed by atoms with van der Waals surface area (Å²) < 4.78 is 59.3. The Morgan fingerprint density at radius 3 is 2.07 bits per heavy atom. The number of aromatic nitrogens is 2. The van der Waals surface area contributed by atoms with Crippen LogP contribution in [0.2, 0.25) is 25.7 Å². The molecule has 27 heavy (non-hydrogen) atoms. The van der Waals surface area contributed by atoms with E-state index < -0.39 is 38.3 Å². The molecule has 5 nitrogen and oxygen atoms in total. The van der Waals surface area contributed by atoms with Crippen molar-refractivity contribution in [2.45, 2.75) is 84.4 Å². The predicted molar refractivity (Wildman–Crippen MR) is 102 cm³/mol. The lowest BCUT2D eigenvalue weighted by Gasteiger charge is -2.32. The molecule has 1 aliphatic rings. The molecular formula is C17H30BF3N2O3Si. The van der Waals surface area contributed by atoms with Gasteiger partial charge in [0.25, 0.3) is 0 Å². The van der Waals surface area contributed by atoms with E-state index in [-0.39, 0.29) is 12.2 Å². The monoisotopic (exact) mass is 406 g/mol. The van der Waals surface area contributed by atoms with E-state index in [1.807, 2.05) is 0 Å². The minimum atomic E-state index is -4.60. The van der Waals surface area contributed by atoms with E-state index in [1.165, 1.54) is 4.68 Å². The van der Waals surface area contributed by atoms with E-state index in [9.17, 15) is 13.2 Å². The van der Waals surface area contributed by atoms with Gasteiger partial charge in [0.15, 0.2) is 5.69 Å². The van der Waals surface area contributed by atoms with E-state index >= 15 is 0 Å². The molecule has 0 unspecified atom stereocenters. The summed E-state index contributed by atoms with van der Waals surface area (Å²) in [4.78, 5) is 0. The molecule has 1 fully saturated rings. The van der Waals surface area contributed by atoms with Crippen LogP contribution in [0.1, 0.15) is 39.1 Å². The highest BCUT2D eigenvalue weighted by atomic mass is 28.3. The Labute approximate surface area is 160 Å². The van der Waals surface area contributed by atoms with E-state index in [0.717, 1.165) is 6.04 Å². The van der Waals surface area contributed by atoms with Gasteiger partial charge in [-0.05, 0) is 40.7 Å². The number of rotatable bonds is 6. The van der Waals surface area contributed by atoms with Crippen LogP contribution in [0.3, 0.4) is 0 Å². The smallest absolute Gasteiger partial charge is 0.399 e. The fraction of sp³-hybridized carbons (Fsp3) is 0.824. The van der Waals surface area contributed by atoms with Gasteiger partial charge in [0, 0.05) is 25.8 Å². The molecule has 1 saturated heterocycles. The topological polar surface area (TPSA) is 45.5 Å². The van der Waals surface area contributed by atoms with Gasteiger partial charge in [-0.3, -0.25) is 0 Å². The molecule has 0 N–H and O–H groups in total. The van der Waals surface area contributed by atoms with Crippen LogP contribution in [0.25, 0.3) is 0 Å². The Kier molecular flexibility index (Phi) is 5.99. The molecule has 1 aromatic rings. The zero-order chi connectivity index (χ0) is 20.8. The van der Waals surface area contributed by atoms with Crippen LogP contribution in [-0.2, 0) is 27.0 Å². The van der Waals surface area contributed by atoms with E-state index in [2.05, 4.69) is 24.7 Å². The molecule has 0 atom stereocenters. The lowest BCUT2D eigenvalue weighted by molar-refractivity contribution is -0.141. The van der Waals surface area contributed by atoms with Crippen molar-refractivity contribution in [1.82, 2.24) is 9.78 Å². The maximum atomic E-state index is 13.6. The lowest BCUT2D eigenvalue weighted by atomic mass is 9.77. The fourth-order valence-corrected chi connectivity index (χ4v) is 3.42. The lowest BCUT2D eigenvalue weighted by Crippen LogP contribution is -2.41. The predicted octanol–water partition coefficient (Wildman–Crippen LogP) is 3.82. The van der Waals surface area contributed by atoms with Gasteiger partial charge >= 0.3 is 13.3 Å². The highest BCUT2D eigenvalue weighted by Gasteiger charge is 2.55. The maximum absolute atomic E-state index is 13.6. The summed E-state index contributed by atoms with van der Waals surface area (Å²) in [5, 5.41) is 3.77. The van der Waals surface area contributed by atoms with Gasteiger partial charge in [-0.2, -0.15) is 18.3 Å². The first kappa shape index (κ1) is 22.5. The van der Waals surface area contributed by atoms with Crippen LogP contribution in [0, 0.1) is 6.92 Å². The maximum Gasteiger partial charge on any atom is 0.499 e. The minimum absolute atomic E-state index is 0.0289. The van der Waals surface area contributed by atoms with Gasteiger partial charge in [-0.15, -0.1) is 0 Å². The Morgan fingerprint density at radius 1 is 1.11 bits per heavy atom. The first-order chi connectivity index (χ1) is 12.1. The third-order valence-corrected chi connectivity index (χ3v) is 6.92. The third-order valence-electron chi connectivity index (χ3n) is 5.22. The zero-order valence-corrected chi connectivity index (χ0v) is 18.5. The van der Waals surface area contributed by atoms with Crippen LogP contribution in [0.4, 0.5) is 13.2 Å². The van der Waals surface area contributed by atoms with Crippen LogP contribution in [0.15, 0.2) is 0 Å². The Morgan fingerprint density at radius 2 is 1.63 bits per heavy atom. The van der Waals surface area contributed by atoms with Gasteiger partial charge < -0.3 is 14.0 Å². The summed E-state index contributed by atoms with van der Waals surface area (Å²) in [6.07, 6.45) is -4.60. The summed E-state index contributed by atoms with van der Waals surface area (Å²) >= 11 is 0. The molecule has 0 aromatic carbocycles. The first-order valence-electron chi connectivity index (χ1n) is 9.13. The highest BCUT2D eigenvalue weighted by molar-refractivity contribution is 6.76. The van der Waals surface area contributed by atoms with Crippen molar-refractivity contribution in [2.75, 3.05) is 6.61 Å². The Bertz CT molecular complexity index is 668. The van der Waals surface area contributed by atoms with E-state index in [0.29, 0.717) is 12.3 Å². The van der Waals surface area contributed by atoms with Crippen molar-refractivity contribution in [3.05, 3.63) is 11.4 Å². The average molecular weight is 406 g/mol. The first-order valence-corrected chi connectivity index (χ1v) is 12.8. The van der Waals surface area contributed by atoms with E-state index in [1.54, 1.807) is 34.6 Å². The van der Waals surface area contributed by atoms with Gasteiger partial charge in [-0.25, -0.2) is 4.68 Å². The molecule has 0 radical (unpaired) electrons. The van der Waals surface area contributed by atoms with Crippen LogP contribution < -0.4 is 5.46 Å². The number of ether oxygens (including phenoxy) is 1. The van der Waals surface area contributed by atoms with Crippen LogP contribution >= 0.6 is 0 Å². The molecular weight excluding hydrogens is 376 g/mol. The van der Waals surface area contributed by atoms with Crippen LogP contribution in [0.5, 0.6) is 0 Å². The molecule has 0 saturated carbocycles. The van der Waals surface area contributed by atoms with Crippen molar-refractivity contribution in [2.24, 2.45) is 0 Å². The molecule has 2 heterocycles. The molecule has 2 rings (SSSR count). The molecule has 0 aliphatic carbocycles. The van der Waals surface area contributed by atoms with Crippen LogP contribution in [-0.4, -0.2) is 42.8 Å². The standard InChI is InChI=1S/C17H30BF3N2O3Si/c1-12-13(18-25-15(2,3)16(4,5)26-18)14(17(19,20)21)22-23(12)11-24-9-10-27(6,7)8/h9-11H2,1-8H3. The number of halogens is 3. The van der Waals surface area contributed by atoms with Crippen molar-refractivity contribution >= 4 is 20.7 Å². The minimum Gasteiger partial charge on any atom is -0.399 e.